The lowest BCUT2D eigenvalue weighted by atomic mass is 10.2. The molecule has 0 unspecified atom stereocenters. The Morgan fingerprint density at radius 2 is 2.28 bits per heavy atom. The van der Waals surface area contributed by atoms with Crippen molar-refractivity contribution in [2.75, 3.05) is 6.61 Å². The standard InChI is InChI=1S/C12H10ClN3O2/c13-7-1-2-8-9(6-14-10(8)5-7)12-15-11(3-4-17)18-16-12/h1-2,5-6,14,17H,3-4H2. The molecule has 0 amide bonds. The summed E-state index contributed by atoms with van der Waals surface area (Å²) in [7, 11) is 0. The first kappa shape index (κ1) is 11.3. The van der Waals surface area contributed by atoms with Crippen molar-refractivity contribution < 1.29 is 9.63 Å². The number of aromatic nitrogens is 3. The van der Waals surface area contributed by atoms with Crippen molar-refractivity contribution in [3.63, 3.8) is 0 Å². The number of fused-ring (bicyclic) bond motifs is 1. The first-order valence-electron chi connectivity index (χ1n) is 5.48. The van der Waals surface area contributed by atoms with Gasteiger partial charge in [-0.05, 0) is 12.1 Å². The number of hydrogen-bond acceptors (Lipinski definition) is 4. The van der Waals surface area contributed by atoms with Gasteiger partial charge in [-0.15, -0.1) is 0 Å². The van der Waals surface area contributed by atoms with Gasteiger partial charge in [0.25, 0.3) is 0 Å². The second-order valence-electron chi connectivity index (χ2n) is 3.88. The second-order valence-corrected chi connectivity index (χ2v) is 4.31. The van der Waals surface area contributed by atoms with Crippen LogP contribution in [0.1, 0.15) is 5.89 Å². The third kappa shape index (κ3) is 1.87. The number of H-pyrrole nitrogens is 1. The van der Waals surface area contributed by atoms with E-state index in [9.17, 15) is 0 Å². The highest BCUT2D eigenvalue weighted by molar-refractivity contribution is 6.31. The third-order valence-corrected chi connectivity index (χ3v) is 2.91. The lowest BCUT2D eigenvalue weighted by Crippen LogP contribution is -1.89. The third-order valence-electron chi connectivity index (χ3n) is 2.68. The summed E-state index contributed by atoms with van der Waals surface area (Å²) in [4.78, 5) is 7.34. The Labute approximate surface area is 107 Å². The Morgan fingerprint density at radius 3 is 3.11 bits per heavy atom. The Bertz CT molecular complexity index is 690. The van der Waals surface area contributed by atoms with Crippen LogP contribution in [0, 0.1) is 0 Å². The van der Waals surface area contributed by atoms with Crippen LogP contribution in [-0.2, 0) is 6.42 Å². The molecule has 5 nitrogen and oxygen atoms in total. The molecule has 0 spiro atoms. The molecule has 0 saturated heterocycles. The van der Waals surface area contributed by atoms with Gasteiger partial charge < -0.3 is 14.6 Å². The average Bonchev–Trinajstić information content (AvgIpc) is 2.95. The van der Waals surface area contributed by atoms with Crippen molar-refractivity contribution in [3.05, 3.63) is 35.3 Å². The monoisotopic (exact) mass is 263 g/mol. The number of aliphatic hydroxyl groups excluding tert-OH is 1. The van der Waals surface area contributed by atoms with E-state index in [4.69, 9.17) is 21.2 Å². The van der Waals surface area contributed by atoms with E-state index in [1.807, 2.05) is 24.4 Å². The highest BCUT2D eigenvalue weighted by Gasteiger charge is 2.12. The quantitative estimate of drug-likeness (QED) is 0.761. The Hall–Kier alpha value is -1.85. The SMILES string of the molecule is OCCc1nc(-c2c[nH]c3cc(Cl)ccc23)no1. The molecule has 0 aliphatic rings. The molecule has 6 heteroatoms. The zero-order valence-electron chi connectivity index (χ0n) is 9.35. The van der Waals surface area contributed by atoms with Crippen LogP contribution >= 0.6 is 11.6 Å². The lowest BCUT2D eigenvalue weighted by Gasteiger charge is -1.93. The fourth-order valence-electron chi connectivity index (χ4n) is 1.84. The molecular formula is C12H10ClN3O2. The number of aromatic amines is 1. The molecule has 2 N–H and O–H groups in total. The summed E-state index contributed by atoms with van der Waals surface area (Å²) < 4.78 is 5.04. The van der Waals surface area contributed by atoms with Crippen LogP contribution in [0.3, 0.4) is 0 Å². The Morgan fingerprint density at radius 1 is 1.39 bits per heavy atom. The molecule has 18 heavy (non-hydrogen) atoms. The van der Waals surface area contributed by atoms with Crippen molar-refractivity contribution in [2.24, 2.45) is 0 Å². The smallest absolute Gasteiger partial charge is 0.229 e. The van der Waals surface area contributed by atoms with Crippen molar-refractivity contribution in [2.45, 2.75) is 6.42 Å². The molecule has 0 aliphatic carbocycles. The van der Waals surface area contributed by atoms with Gasteiger partial charge in [0.05, 0.1) is 13.0 Å². The minimum absolute atomic E-state index is 0.00880. The van der Waals surface area contributed by atoms with Gasteiger partial charge in [0, 0.05) is 27.7 Å². The minimum Gasteiger partial charge on any atom is -0.396 e. The van der Waals surface area contributed by atoms with E-state index in [1.165, 1.54) is 0 Å². The molecule has 0 bridgehead atoms. The van der Waals surface area contributed by atoms with Crippen LogP contribution in [0.25, 0.3) is 22.3 Å². The first-order valence-corrected chi connectivity index (χ1v) is 5.86. The molecule has 2 aromatic heterocycles. The van der Waals surface area contributed by atoms with E-state index >= 15 is 0 Å². The maximum Gasteiger partial charge on any atom is 0.229 e. The first-order chi connectivity index (χ1) is 8.78. The van der Waals surface area contributed by atoms with Crippen molar-refractivity contribution in [3.8, 4) is 11.4 Å². The van der Waals surface area contributed by atoms with Gasteiger partial charge in [-0.1, -0.05) is 22.8 Å². The largest absolute Gasteiger partial charge is 0.396 e. The lowest BCUT2D eigenvalue weighted by molar-refractivity contribution is 0.274. The fourth-order valence-corrected chi connectivity index (χ4v) is 2.02. The summed E-state index contributed by atoms with van der Waals surface area (Å²) in [5.41, 5.74) is 1.78. The van der Waals surface area contributed by atoms with Gasteiger partial charge in [0.1, 0.15) is 0 Å². The van der Waals surface area contributed by atoms with Crippen LogP contribution in [-0.4, -0.2) is 26.8 Å². The summed E-state index contributed by atoms with van der Waals surface area (Å²) >= 11 is 5.92. The number of nitrogens with zero attached hydrogens (tertiary/aromatic N) is 2. The Kier molecular flexibility index (Phi) is 2.77. The molecule has 1 aromatic carbocycles. The van der Waals surface area contributed by atoms with Gasteiger partial charge in [-0.25, -0.2) is 0 Å². The van der Waals surface area contributed by atoms with E-state index in [-0.39, 0.29) is 6.61 Å². The highest BCUT2D eigenvalue weighted by atomic mass is 35.5. The van der Waals surface area contributed by atoms with Crippen LogP contribution < -0.4 is 0 Å². The molecule has 0 radical (unpaired) electrons. The maximum absolute atomic E-state index is 8.81. The topological polar surface area (TPSA) is 74.9 Å². The van der Waals surface area contributed by atoms with E-state index in [0.717, 1.165) is 16.5 Å². The van der Waals surface area contributed by atoms with Gasteiger partial charge in [-0.2, -0.15) is 4.98 Å². The number of aliphatic hydroxyl groups is 1. The molecule has 3 aromatic rings. The van der Waals surface area contributed by atoms with Gasteiger partial charge in [0.15, 0.2) is 0 Å². The molecule has 92 valence electrons. The van der Waals surface area contributed by atoms with E-state index in [1.54, 1.807) is 0 Å². The maximum atomic E-state index is 8.81. The summed E-state index contributed by atoms with van der Waals surface area (Å²) in [6.07, 6.45) is 2.18. The number of nitrogens with one attached hydrogen (secondary N) is 1. The average molecular weight is 264 g/mol. The summed E-state index contributed by atoms with van der Waals surface area (Å²) in [6, 6.07) is 5.57. The fraction of sp³-hybridized carbons (Fsp3) is 0.167. The molecular weight excluding hydrogens is 254 g/mol. The van der Waals surface area contributed by atoms with Crippen molar-refractivity contribution in [1.82, 2.24) is 15.1 Å². The van der Waals surface area contributed by atoms with E-state index in [0.29, 0.717) is 23.2 Å². The number of halogens is 1. The minimum atomic E-state index is -0.00880. The van der Waals surface area contributed by atoms with Crippen molar-refractivity contribution in [1.29, 1.82) is 0 Å². The zero-order chi connectivity index (χ0) is 12.5. The summed E-state index contributed by atoms with van der Waals surface area (Å²) in [5.74, 6) is 0.933. The number of rotatable bonds is 3. The van der Waals surface area contributed by atoms with Crippen LogP contribution in [0.15, 0.2) is 28.9 Å². The second kappa shape index (κ2) is 4.44. The number of hydrogen-bond donors (Lipinski definition) is 2. The molecule has 2 heterocycles. The molecule has 3 rings (SSSR count). The van der Waals surface area contributed by atoms with Crippen LogP contribution in [0.4, 0.5) is 0 Å². The summed E-state index contributed by atoms with van der Waals surface area (Å²) in [5, 5.41) is 14.4. The van der Waals surface area contributed by atoms with Crippen LogP contribution in [0.2, 0.25) is 5.02 Å². The predicted molar refractivity (Wildman–Crippen MR) is 67.4 cm³/mol. The highest BCUT2D eigenvalue weighted by Crippen LogP contribution is 2.28. The number of benzene rings is 1. The van der Waals surface area contributed by atoms with E-state index in [2.05, 4.69) is 15.1 Å². The van der Waals surface area contributed by atoms with Crippen molar-refractivity contribution >= 4 is 22.5 Å². The molecule has 0 atom stereocenters. The van der Waals surface area contributed by atoms with Gasteiger partial charge in [-0.3, -0.25) is 0 Å². The van der Waals surface area contributed by atoms with Crippen LogP contribution in [0.5, 0.6) is 0 Å². The predicted octanol–water partition coefficient (Wildman–Crippen LogP) is 2.41. The van der Waals surface area contributed by atoms with Gasteiger partial charge >= 0.3 is 0 Å². The molecule has 0 aliphatic heterocycles. The summed E-state index contributed by atoms with van der Waals surface area (Å²) in [6.45, 7) is -0.00880. The van der Waals surface area contributed by atoms with E-state index < -0.39 is 0 Å². The zero-order valence-corrected chi connectivity index (χ0v) is 10.1. The van der Waals surface area contributed by atoms with Gasteiger partial charge in [0.2, 0.25) is 11.7 Å². The Balaban J connectivity index is 2.07. The molecule has 0 fully saturated rings. The normalized spacial score (nSPS) is 11.2. The molecule has 0 saturated carbocycles.